The molecule has 2 rings (SSSR count). The van der Waals surface area contributed by atoms with Gasteiger partial charge in [-0.15, -0.1) is 0 Å². The van der Waals surface area contributed by atoms with Crippen LogP contribution in [0.25, 0.3) is 0 Å². The summed E-state index contributed by atoms with van der Waals surface area (Å²) >= 11 is 0. The van der Waals surface area contributed by atoms with Crippen LogP contribution in [0.3, 0.4) is 0 Å². The molecular weight excluding hydrogens is 274 g/mol. The van der Waals surface area contributed by atoms with Crippen LogP contribution in [-0.2, 0) is 0 Å². The fourth-order valence-electron chi connectivity index (χ4n) is 1.71. The van der Waals surface area contributed by atoms with Gasteiger partial charge in [0.1, 0.15) is 11.5 Å². The standard InChI is InChI=1S/C14H15N3O4/c1-20-9-5-8(6-10(7-9)21-2)16-13-11(15)3-4-12(17-13)14(18)19/h3-7H,15H2,1-2H3,(H,16,17)(H,18,19). The quantitative estimate of drug-likeness (QED) is 0.773. The molecule has 1 heterocycles. The van der Waals surface area contributed by atoms with E-state index in [1.807, 2.05) is 0 Å². The Balaban J connectivity index is 2.37. The van der Waals surface area contributed by atoms with E-state index in [2.05, 4.69) is 10.3 Å². The number of aromatic carboxylic acids is 1. The Labute approximate surface area is 121 Å². The van der Waals surface area contributed by atoms with Gasteiger partial charge in [0, 0.05) is 23.9 Å². The van der Waals surface area contributed by atoms with Crippen molar-refractivity contribution in [2.45, 2.75) is 0 Å². The van der Waals surface area contributed by atoms with Crippen LogP contribution in [0.2, 0.25) is 0 Å². The highest BCUT2D eigenvalue weighted by molar-refractivity contribution is 5.87. The van der Waals surface area contributed by atoms with Gasteiger partial charge in [-0.05, 0) is 12.1 Å². The Morgan fingerprint density at radius 1 is 1.19 bits per heavy atom. The van der Waals surface area contributed by atoms with Crippen molar-refractivity contribution in [3.8, 4) is 11.5 Å². The molecule has 0 saturated carbocycles. The van der Waals surface area contributed by atoms with Gasteiger partial charge < -0.3 is 25.6 Å². The molecular formula is C14H15N3O4. The minimum atomic E-state index is -1.12. The van der Waals surface area contributed by atoms with E-state index in [0.29, 0.717) is 22.9 Å². The maximum atomic E-state index is 10.9. The van der Waals surface area contributed by atoms with Gasteiger partial charge in [0.15, 0.2) is 11.5 Å². The number of carboxylic acids is 1. The number of aromatic nitrogens is 1. The van der Waals surface area contributed by atoms with Crippen molar-refractivity contribution in [3.05, 3.63) is 36.0 Å². The topological polar surface area (TPSA) is 107 Å². The molecule has 7 heteroatoms. The maximum Gasteiger partial charge on any atom is 0.354 e. The van der Waals surface area contributed by atoms with Crippen molar-refractivity contribution in [2.24, 2.45) is 0 Å². The van der Waals surface area contributed by atoms with Gasteiger partial charge >= 0.3 is 5.97 Å². The minimum absolute atomic E-state index is 0.0958. The number of ether oxygens (including phenoxy) is 2. The summed E-state index contributed by atoms with van der Waals surface area (Å²) in [6, 6.07) is 7.98. The van der Waals surface area contributed by atoms with Gasteiger partial charge in [-0.1, -0.05) is 0 Å². The van der Waals surface area contributed by atoms with Crippen LogP contribution in [0.15, 0.2) is 30.3 Å². The summed E-state index contributed by atoms with van der Waals surface area (Å²) in [6.45, 7) is 0. The molecule has 7 nitrogen and oxygen atoms in total. The minimum Gasteiger partial charge on any atom is -0.497 e. The second kappa shape index (κ2) is 6.00. The monoisotopic (exact) mass is 289 g/mol. The summed E-state index contributed by atoms with van der Waals surface area (Å²) < 4.78 is 10.3. The van der Waals surface area contributed by atoms with Crippen molar-refractivity contribution in [2.75, 3.05) is 25.3 Å². The third kappa shape index (κ3) is 3.33. The summed E-state index contributed by atoms with van der Waals surface area (Å²) in [6.07, 6.45) is 0. The molecule has 21 heavy (non-hydrogen) atoms. The summed E-state index contributed by atoms with van der Waals surface area (Å²) in [5.41, 5.74) is 6.66. The number of pyridine rings is 1. The summed E-state index contributed by atoms with van der Waals surface area (Å²) in [5.74, 6) is 0.307. The van der Waals surface area contributed by atoms with Gasteiger partial charge in [0.05, 0.1) is 19.9 Å². The molecule has 1 aromatic heterocycles. The number of nitrogens with two attached hydrogens (primary N) is 1. The largest absolute Gasteiger partial charge is 0.497 e. The molecule has 110 valence electrons. The van der Waals surface area contributed by atoms with Crippen molar-refractivity contribution in [1.29, 1.82) is 0 Å². The number of carbonyl (C=O) groups is 1. The molecule has 0 bridgehead atoms. The molecule has 1 aromatic carbocycles. The molecule has 0 fully saturated rings. The molecule has 0 radical (unpaired) electrons. The van der Waals surface area contributed by atoms with E-state index in [1.54, 1.807) is 18.2 Å². The second-order valence-electron chi connectivity index (χ2n) is 4.17. The number of nitrogen functional groups attached to an aromatic ring is 1. The third-order valence-electron chi connectivity index (χ3n) is 2.76. The zero-order chi connectivity index (χ0) is 15.4. The number of methoxy groups -OCH3 is 2. The van der Waals surface area contributed by atoms with Crippen molar-refractivity contribution >= 4 is 23.2 Å². The molecule has 0 aliphatic carbocycles. The molecule has 0 amide bonds. The number of nitrogens with zero attached hydrogens (tertiary/aromatic N) is 1. The second-order valence-corrected chi connectivity index (χ2v) is 4.17. The van der Waals surface area contributed by atoms with Gasteiger partial charge in [0.2, 0.25) is 0 Å². The van der Waals surface area contributed by atoms with Crippen molar-refractivity contribution in [3.63, 3.8) is 0 Å². The highest BCUT2D eigenvalue weighted by Crippen LogP contribution is 2.29. The van der Waals surface area contributed by atoms with E-state index in [-0.39, 0.29) is 11.5 Å². The predicted octanol–water partition coefficient (Wildman–Crippen LogP) is 2.12. The van der Waals surface area contributed by atoms with Crippen LogP contribution in [0.5, 0.6) is 11.5 Å². The molecule has 0 atom stereocenters. The first kappa shape index (κ1) is 14.4. The first-order valence-electron chi connectivity index (χ1n) is 6.03. The lowest BCUT2D eigenvalue weighted by Gasteiger charge is -2.12. The van der Waals surface area contributed by atoms with E-state index in [4.69, 9.17) is 20.3 Å². The molecule has 4 N–H and O–H groups in total. The number of carboxylic acid groups (broad SMARTS) is 1. The number of nitrogens with one attached hydrogen (secondary N) is 1. The first-order valence-corrected chi connectivity index (χ1v) is 6.03. The van der Waals surface area contributed by atoms with Crippen LogP contribution in [0.1, 0.15) is 10.5 Å². The fraction of sp³-hybridized carbons (Fsp3) is 0.143. The smallest absolute Gasteiger partial charge is 0.354 e. The molecule has 2 aromatic rings. The van der Waals surface area contributed by atoms with Crippen LogP contribution in [-0.4, -0.2) is 30.3 Å². The van der Waals surface area contributed by atoms with Gasteiger partial charge in [-0.2, -0.15) is 0 Å². The predicted molar refractivity (Wildman–Crippen MR) is 78.4 cm³/mol. The number of hydrogen-bond donors (Lipinski definition) is 3. The van der Waals surface area contributed by atoms with E-state index >= 15 is 0 Å². The van der Waals surface area contributed by atoms with Gasteiger partial charge in [0.25, 0.3) is 0 Å². The lowest BCUT2D eigenvalue weighted by Crippen LogP contribution is -2.06. The molecule has 0 unspecified atom stereocenters. The first-order chi connectivity index (χ1) is 10.0. The van der Waals surface area contributed by atoms with Gasteiger partial charge in [-0.3, -0.25) is 0 Å². The highest BCUT2D eigenvalue weighted by atomic mass is 16.5. The Kier molecular flexibility index (Phi) is 4.13. The average molecular weight is 289 g/mol. The lowest BCUT2D eigenvalue weighted by atomic mass is 10.2. The number of benzene rings is 1. The summed E-state index contributed by atoms with van der Waals surface area (Å²) in [4.78, 5) is 14.9. The zero-order valence-electron chi connectivity index (χ0n) is 11.6. The Morgan fingerprint density at radius 3 is 2.33 bits per heavy atom. The van der Waals surface area contributed by atoms with Gasteiger partial charge in [-0.25, -0.2) is 9.78 Å². The van der Waals surface area contributed by atoms with Crippen LogP contribution < -0.4 is 20.5 Å². The van der Waals surface area contributed by atoms with Crippen LogP contribution >= 0.6 is 0 Å². The fourth-order valence-corrected chi connectivity index (χ4v) is 1.71. The van der Waals surface area contributed by atoms with E-state index in [9.17, 15) is 4.79 Å². The Bertz CT molecular complexity index is 651. The SMILES string of the molecule is COc1cc(Nc2nc(C(=O)O)ccc2N)cc(OC)c1. The van der Waals surface area contributed by atoms with Crippen molar-refractivity contribution < 1.29 is 19.4 Å². The zero-order valence-corrected chi connectivity index (χ0v) is 11.6. The lowest BCUT2D eigenvalue weighted by molar-refractivity contribution is 0.0690. The molecule has 0 aliphatic heterocycles. The van der Waals surface area contributed by atoms with Crippen molar-refractivity contribution in [1.82, 2.24) is 4.98 Å². The molecule has 0 saturated heterocycles. The molecule has 0 spiro atoms. The van der Waals surface area contributed by atoms with Crippen LogP contribution in [0, 0.1) is 0 Å². The Hall–Kier alpha value is -2.96. The van der Waals surface area contributed by atoms with E-state index in [1.165, 1.54) is 26.4 Å². The normalized spacial score (nSPS) is 10.0. The number of hydrogen-bond acceptors (Lipinski definition) is 6. The van der Waals surface area contributed by atoms with E-state index in [0.717, 1.165) is 0 Å². The molecule has 0 aliphatic rings. The van der Waals surface area contributed by atoms with E-state index < -0.39 is 5.97 Å². The number of rotatable bonds is 5. The summed E-state index contributed by atoms with van der Waals surface area (Å²) in [5, 5.41) is 11.9. The average Bonchev–Trinajstić information content (AvgIpc) is 2.48. The summed E-state index contributed by atoms with van der Waals surface area (Å²) in [7, 11) is 3.08. The Morgan fingerprint density at radius 2 is 1.81 bits per heavy atom. The third-order valence-corrected chi connectivity index (χ3v) is 2.76. The van der Waals surface area contributed by atoms with Crippen LogP contribution in [0.4, 0.5) is 17.2 Å². The number of anilines is 3. The highest BCUT2D eigenvalue weighted by Gasteiger charge is 2.10. The maximum absolute atomic E-state index is 10.9.